The lowest BCUT2D eigenvalue weighted by atomic mass is 10.0. The van der Waals surface area contributed by atoms with Crippen molar-refractivity contribution in [2.24, 2.45) is 5.73 Å². The molecule has 3 aromatic heterocycles. The minimum Gasteiger partial charge on any atom is -0.370 e. The summed E-state index contributed by atoms with van der Waals surface area (Å²) in [7, 11) is 0. The van der Waals surface area contributed by atoms with Gasteiger partial charge in [-0.3, -0.25) is 9.78 Å². The van der Waals surface area contributed by atoms with E-state index >= 15 is 0 Å². The van der Waals surface area contributed by atoms with Crippen molar-refractivity contribution in [1.29, 1.82) is 0 Å². The number of nitrogens with two attached hydrogens (primary N) is 1. The Bertz CT molecular complexity index is 1120. The van der Waals surface area contributed by atoms with Gasteiger partial charge in [-0.2, -0.15) is 11.3 Å². The molecule has 0 spiro atoms. The number of hydrogen-bond donors (Lipinski definition) is 2. The number of hydrogen-bond acceptors (Lipinski definition) is 4. The van der Waals surface area contributed by atoms with Crippen LogP contribution in [0, 0.1) is 6.92 Å². The molecule has 30 heavy (non-hydrogen) atoms. The zero-order chi connectivity index (χ0) is 20.9. The summed E-state index contributed by atoms with van der Waals surface area (Å²) in [5.41, 5.74) is 11.2. The Kier molecular flexibility index (Phi) is 6.26. The van der Waals surface area contributed by atoms with Crippen LogP contribution in [0.2, 0.25) is 0 Å². The van der Waals surface area contributed by atoms with E-state index in [0.29, 0.717) is 19.5 Å². The summed E-state index contributed by atoms with van der Waals surface area (Å²) < 4.78 is 2.12. The van der Waals surface area contributed by atoms with Crippen LogP contribution in [0.4, 0.5) is 0 Å². The molecule has 1 aromatic carbocycles. The smallest absolute Gasteiger partial charge is 0.219 e. The predicted molar refractivity (Wildman–Crippen MR) is 122 cm³/mol. The summed E-state index contributed by atoms with van der Waals surface area (Å²) in [6.45, 7) is 3.36. The average Bonchev–Trinajstić information content (AvgIpc) is 3.38. The second kappa shape index (κ2) is 9.24. The summed E-state index contributed by atoms with van der Waals surface area (Å²) in [5.74, 6) is -0.284. The van der Waals surface area contributed by atoms with Crippen LogP contribution in [0.5, 0.6) is 0 Å². The van der Waals surface area contributed by atoms with Crippen LogP contribution in [0.25, 0.3) is 10.9 Å². The summed E-state index contributed by atoms with van der Waals surface area (Å²) >= 11 is 1.72. The van der Waals surface area contributed by atoms with Crippen LogP contribution in [-0.4, -0.2) is 15.5 Å². The molecule has 0 aliphatic carbocycles. The zero-order valence-corrected chi connectivity index (χ0v) is 17.9. The molecule has 1 amide bonds. The number of nitrogens with one attached hydrogen (secondary N) is 1. The molecule has 4 aromatic rings. The van der Waals surface area contributed by atoms with E-state index in [1.165, 1.54) is 16.5 Å². The first-order valence-corrected chi connectivity index (χ1v) is 11.1. The minimum atomic E-state index is -0.284. The monoisotopic (exact) mass is 418 g/mol. The molecule has 154 valence electrons. The van der Waals surface area contributed by atoms with Gasteiger partial charge in [-0.25, -0.2) is 0 Å². The van der Waals surface area contributed by atoms with Crippen molar-refractivity contribution in [1.82, 2.24) is 14.9 Å². The van der Waals surface area contributed by atoms with E-state index in [9.17, 15) is 4.79 Å². The molecule has 3 N–H and O–H groups in total. The topological polar surface area (TPSA) is 72.9 Å². The van der Waals surface area contributed by atoms with Crippen molar-refractivity contribution in [2.75, 3.05) is 0 Å². The molecule has 4 rings (SSSR count). The van der Waals surface area contributed by atoms with Gasteiger partial charge in [0.25, 0.3) is 0 Å². The first-order valence-electron chi connectivity index (χ1n) is 10.1. The molecule has 0 bridgehead atoms. The highest BCUT2D eigenvalue weighted by Crippen LogP contribution is 2.24. The molecule has 3 heterocycles. The number of nitrogens with zero attached hydrogens (tertiary/aromatic N) is 2. The Hall–Kier alpha value is -2.96. The fraction of sp³-hybridized carbons (Fsp3) is 0.250. The number of carbonyl (C=O) groups excluding carboxylic acids is 1. The van der Waals surface area contributed by atoms with Crippen molar-refractivity contribution < 1.29 is 4.79 Å². The third-order valence-electron chi connectivity index (χ3n) is 5.32. The molecule has 1 atom stereocenters. The van der Waals surface area contributed by atoms with Gasteiger partial charge in [-0.05, 0) is 59.0 Å². The van der Waals surface area contributed by atoms with E-state index in [2.05, 4.69) is 75.1 Å². The van der Waals surface area contributed by atoms with Gasteiger partial charge in [0.2, 0.25) is 5.91 Å². The van der Waals surface area contributed by atoms with Gasteiger partial charge < -0.3 is 15.6 Å². The highest BCUT2D eigenvalue weighted by Gasteiger charge is 2.16. The second-order valence-corrected chi connectivity index (χ2v) is 8.39. The van der Waals surface area contributed by atoms with Crippen LogP contribution in [0.15, 0.2) is 65.6 Å². The maximum Gasteiger partial charge on any atom is 0.219 e. The lowest BCUT2D eigenvalue weighted by Gasteiger charge is -2.18. The SMILES string of the molecule is Cc1ccc(C(Cc2ccsc2)NCc2cn(CCC(N)=O)c3ccccc23)nc1. The highest BCUT2D eigenvalue weighted by molar-refractivity contribution is 7.07. The number of aryl methyl sites for hydroxylation is 2. The number of para-hydroxylation sites is 1. The van der Waals surface area contributed by atoms with E-state index < -0.39 is 0 Å². The Morgan fingerprint density at radius 3 is 2.83 bits per heavy atom. The van der Waals surface area contributed by atoms with Gasteiger partial charge in [0, 0.05) is 42.8 Å². The molecule has 0 aliphatic heterocycles. The lowest BCUT2D eigenvalue weighted by molar-refractivity contribution is -0.118. The van der Waals surface area contributed by atoms with Crippen LogP contribution in [0.1, 0.15) is 34.8 Å². The molecule has 5 nitrogen and oxygen atoms in total. The number of benzene rings is 1. The molecule has 0 fully saturated rings. The minimum absolute atomic E-state index is 0.118. The summed E-state index contributed by atoms with van der Waals surface area (Å²) in [6.07, 6.45) is 5.28. The quantitative estimate of drug-likeness (QED) is 0.424. The number of thiophene rings is 1. The molecule has 0 radical (unpaired) electrons. The number of amides is 1. The zero-order valence-electron chi connectivity index (χ0n) is 17.0. The van der Waals surface area contributed by atoms with Gasteiger partial charge in [-0.15, -0.1) is 0 Å². The Morgan fingerprint density at radius 2 is 2.10 bits per heavy atom. The van der Waals surface area contributed by atoms with Crippen molar-refractivity contribution in [3.63, 3.8) is 0 Å². The number of aromatic nitrogens is 2. The average molecular weight is 419 g/mol. The molecule has 0 saturated carbocycles. The number of rotatable bonds is 9. The largest absolute Gasteiger partial charge is 0.370 e. The molecule has 0 aliphatic rings. The number of pyridine rings is 1. The molecular weight excluding hydrogens is 392 g/mol. The van der Waals surface area contributed by atoms with Crippen molar-refractivity contribution >= 4 is 28.1 Å². The molecular formula is C24H26N4OS. The molecule has 6 heteroatoms. The lowest BCUT2D eigenvalue weighted by Crippen LogP contribution is -2.23. The Labute approximate surface area is 180 Å². The van der Waals surface area contributed by atoms with Gasteiger partial charge in [-0.1, -0.05) is 24.3 Å². The summed E-state index contributed by atoms with van der Waals surface area (Å²) in [5, 5.41) is 9.22. The van der Waals surface area contributed by atoms with Crippen molar-refractivity contribution in [2.45, 2.75) is 38.9 Å². The van der Waals surface area contributed by atoms with Gasteiger partial charge in [0.15, 0.2) is 0 Å². The first-order chi connectivity index (χ1) is 14.6. The fourth-order valence-electron chi connectivity index (χ4n) is 3.72. The number of fused-ring (bicyclic) bond motifs is 1. The fourth-order valence-corrected chi connectivity index (χ4v) is 4.41. The van der Waals surface area contributed by atoms with Crippen molar-refractivity contribution in [3.05, 3.63) is 88.0 Å². The molecule has 1 unspecified atom stereocenters. The standard InChI is InChI=1S/C24H26N4OS/c1-17-6-7-21(26-13-17)22(12-18-9-11-30-16-18)27-14-19-15-28(10-8-24(25)29)23-5-3-2-4-20(19)23/h2-7,9,11,13,15-16,22,27H,8,10,12,14H2,1H3,(H2,25,29). The van der Waals surface area contributed by atoms with E-state index in [1.807, 2.05) is 12.3 Å². The number of primary amides is 1. The van der Waals surface area contributed by atoms with E-state index in [0.717, 1.165) is 23.2 Å². The normalized spacial score (nSPS) is 12.3. The third-order valence-corrected chi connectivity index (χ3v) is 6.05. The van der Waals surface area contributed by atoms with E-state index in [4.69, 9.17) is 5.73 Å². The van der Waals surface area contributed by atoms with Gasteiger partial charge in [0.1, 0.15) is 0 Å². The summed E-state index contributed by atoms with van der Waals surface area (Å²) in [4.78, 5) is 15.9. The van der Waals surface area contributed by atoms with E-state index in [1.54, 1.807) is 11.3 Å². The second-order valence-electron chi connectivity index (χ2n) is 7.61. The van der Waals surface area contributed by atoms with Crippen LogP contribution in [-0.2, 0) is 24.3 Å². The maximum absolute atomic E-state index is 11.3. The Balaban J connectivity index is 1.57. The summed E-state index contributed by atoms with van der Waals surface area (Å²) in [6, 6.07) is 14.8. The maximum atomic E-state index is 11.3. The third kappa shape index (κ3) is 4.78. The Morgan fingerprint density at radius 1 is 1.23 bits per heavy atom. The van der Waals surface area contributed by atoms with Gasteiger partial charge in [0.05, 0.1) is 11.7 Å². The van der Waals surface area contributed by atoms with Crippen molar-refractivity contribution in [3.8, 4) is 0 Å². The number of carbonyl (C=O) groups is 1. The van der Waals surface area contributed by atoms with Crippen LogP contribution < -0.4 is 11.1 Å². The van der Waals surface area contributed by atoms with Crippen LogP contribution >= 0.6 is 11.3 Å². The van der Waals surface area contributed by atoms with Gasteiger partial charge >= 0.3 is 0 Å². The van der Waals surface area contributed by atoms with Crippen LogP contribution in [0.3, 0.4) is 0 Å². The molecule has 0 saturated heterocycles. The predicted octanol–water partition coefficient (Wildman–Crippen LogP) is 4.36. The first kappa shape index (κ1) is 20.3. The van der Waals surface area contributed by atoms with E-state index in [-0.39, 0.29) is 11.9 Å². The highest BCUT2D eigenvalue weighted by atomic mass is 32.1.